The summed E-state index contributed by atoms with van der Waals surface area (Å²) in [6, 6.07) is 7.07. The van der Waals surface area contributed by atoms with E-state index in [2.05, 4.69) is 15.2 Å². The number of halogens is 2. The molecule has 6 nitrogen and oxygen atoms in total. The Morgan fingerprint density at radius 1 is 1.30 bits per heavy atom. The number of hydrogen-bond acceptors (Lipinski definition) is 5. The zero-order chi connectivity index (χ0) is 17.8. The fourth-order valence-corrected chi connectivity index (χ4v) is 3.17. The molecule has 0 saturated carbocycles. The van der Waals surface area contributed by atoms with Gasteiger partial charge in [-0.1, -0.05) is 6.07 Å². The quantitative estimate of drug-likeness (QED) is 0.732. The van der Waals surface area contributed by atoms with Gasteiger partial charge >= 0.3 is 0 Å². The molecule has 1 saturated heterocycles. The van der Waals surface area contributed by atoms with E-state index in [1.54, 1.807) is 24.3 Å². The van der Waals surface area contributed by atoms with Gasteiger partial charge in [-0.15, -0.1) is 24.8 Å². The summed E-state index contributed by atoms with van der Waals surface area (Å²) < 4.78 is 5.66. The van der Waals surface area contributed by atoms with E-state index in [0.717, 1.165) is 49.8 Å². The molecule has 0 spiro atoms. The largest absolute Gasteiger partial charge is 0.444 e. The molecule has 2 heterocycles. The van der Waals surface area contributed by atoms with Crippen molar-refractivity contribution >= 4 is 36.4 Å². The van der Waals surface area contributed by atoms with E-state index in [9.17, 15) is 4.79 Å². The van der Waals surface area contributed by atoms with Crippen LogP contribution in [-0.4, -0.2) is 35.4 Å². The third-order valence-corrected chi connectivity index (χ3v) is 4.84. The number of aryl methyl sites for hydroxylation is 2. The summed E-state index contributed by atoms with van der Waals surface area (Å²) >= 11 is 0. The van der Waals surface area contributed by atoms with Crippen LogP contribution >= 0.6 is 24.8 Å². The number of benzene rings is 1. The molecule has 0 bridgehead atoms. The Hall–Kier alpha value is -1.76. The van der Waals surface area contributed by atoms with E-state index < -0.39 is 0 Å². The second-order valence-electron chi connectivity index (χ2n) is 6.80. The Labute approximate surface area is 172 Å². The van der Waals surface area contributed by atoms with Crippen molar-refractivity contribution in [3.8, 4) is 0 Å². The first-order chi connectivity index (χ1) is 12.0. The van der Waals surface area contributed by atoms with Gasteiger partial charge in [0.25, 0.3) is 5.91 Å². The molecule has 3 rings (SSSR count). The monoisotopic (exact) mass is 414 g/mol. The fourth-order valence-electron chi connectivity index (χ4n) is 3.17. The predicted octanol–water partition coefficient (Wildman–Crippen LogP) is 3.36. The highest BCUT2D eigenvalue weighted by Gasteiger charge is 2.21. The van der Waals surface area contributed by atoms with Crippen molar-refractivity contribution in [1.82, 2.24) is 15.2 Å². The molecule has 0 atom stereocenters. The molecule has 8 heteroatoms. The molecule has 1 aromatic heterocycles. The lowest BCUT2D eigenvalue weighted by atomic mass is 9.96. The molecule has 1 fully saturated rings. The summed E-state index contributed by atoms with van der Waals surface area (Å²) in [4.78, 5) is 19.0. The van der Waals surface area contributed by atoms with Crippen molar-refractivity contribution in [2.75, 3.05) is 25.4 Å². The van der Waals surface area contributed by atoms with Crippen LogP contribution in [0.3, 0.4) is 0 Å². The molecular formula is C19H28Cl2N4O2. The molecule has 1 amide bonds. The van der Waals surface area contributed by atoms with Crippen LogP contribution in [0.1, 0.15) is 40.5 Å². The second kappa shape index (κ2) is 10.5. The van der Waals surface area contributed by atoms with Crippen LogP contribution in [0.15, 0.2) is 28.7 Å². The molecular weight excluding hydrogens is 387 g/mol. The van der Waals surface area contributed by atoms with Gasteiger partial charge < -0.3 is 15.5 Å². The molecule has 1 aliphatic rings. The fraction of sp³-hybridized carbons (Fsp3) is 0.474. The molecule has 0 aliphatic carbocycles. The standard InChI is InChI=1S/C19H26N4O2.2ClH/c1-13-14(2)25-18(22-13)12-23-8-6-15(7-9-23)11-21-19(24)16-4-3-5-17(20)10-16;;/h3-5,10,15H,6-9,11-12,20H2,1-2H3,(H,21,24);2*1H. The molecule has 1 aliphatic heterocycles. The molecule has 3 N–H and O–H groups in total. The SMILES string of the molecule is Cc1nc(CN2CCC(CNC(=O)c3cccc(N)c3)CC2)oc1C.Cl.Cl. The minimum atomic E-state index is -0.0551. The summed E-state index contributed by atoms with van der Waals surface area (Å²) in [6.45, 7) is 7.38. The lowest BCUT2D eigenvalue weighted by molar-refractivity contribution is 0.0934. The average Bonchev–Trinajstić information content (AvgIpc) is 2.91. The van der Waals surface area contributed by atoms with E-state index >= 15 is 0 Å². The molecule has 150 valence electrons. The van der Waals surface area contributed by atoms with Gasteiger partial charge in [0.1, 0.15) is 5.76 Å². The van der Waals surface area contributed by atoms with Gasteiger partial charge in [0.05, 0.1) is 12.2 Å². The number of oxazole rings is 1. The van der Waals surface area contributed by atoms with E-state index in [4.69, 9.17) is 10.2 Å². The maximum absolute atomic E-state index is 12.2. The highest BCUT2D eigenvalue weighted by atomic mass is 35.5. The van der Waals surface area contributed by atoms with E-state index in [0.29, 0.717) is 23.7 Å². The van der Waals surface area contributed by atoms with Crippen molar-refractivity contribution in [1.29, 1.82) is 0 Å². The third-order valence-electron chi connectivity index (χ3n) is 4.84. The number of hydrogen-bond donors (Lipinski definition) is 2. The Balaban J connectivity index is 0.00000182. The smallest absolute Gasteiger partial charge is 0.251 e. The number of nitrogen functional groups attached to an aromatic ring is 1. The molecule has 0 radical (unpaired) electrons. The molecule has 1 aromatic carbocycles. The number of nitrogens with one attached hydrogen (secondary N) is 1. The Morgan fingerprint density at radius 2 is 2.00 bits per heavy atom. The minimum absolute atomic E-state index is 0. The highest BCUT2D eigenvalue weighted by Crippen LogP contribution is 2.19. The van der Waals surface area contributed by atoms with Crippen LogP contribution in [0.4, 0.5) is 5.69 Å². The highest BCUT2D eigenvalue weighted by molar-refractivity contribution is 5.94. The van der Waals surface area contributed by atoms with Crippen LogP contribution in [-0.2, 0) is 6.54 Å². The minimum Gasteiger partial charge on any atom is -0.444 e. The molecule has 27 heavy (non-hydrogen) atoms. The first-order valence-electron chi connectivity index (χ1n) is 8.80. The van der Waals surface area contributed by atoms with Gasteiger partial charge in [-0.3, -0.25) is 9.69 Å². The summed E-state index contributed by atoms with van der Waals surface area (Å²) in [5, 5.41) is 3.03. The number of carbonyl (C=O) groups is 1. The van der Waals surface area contributed by atoms with Gasteiger partial charge in [0.15, 0.2) is 0 Å². The number of nitrogens with zero attached hydrogens (tertiary/aromatic N) is 2. The van der Waals surface area contributed by atoms with Crippen molar-refractivity contribution in [2.24, 2.45) is 5.92 Å². The number of nitrogens with two attached hydrogens (primary N) is 1. The lowest BCUT2D eigenvalue weighted by Crippen LogP contribution is -2.38. The van der Waals surface area contributed by atoms with Crippen LogP contribution in [0.2, 0.25) is 0 Å². The van der Waals surface area contributed by atoms with Crippen LogP contribution < -0.4 is 11.1 Å². The lowest BCUT2D eigenvalue weighted by Gasteiger charge is -2.31. The van der Waals surface area contributed by atoms with Crippen molar-refractivity contribution in [3.63, 3.8) is 0 Å². The summed E-state index contributed by atoms with van der Waals surface area (Å²) in [7, 11) is 0. The number of likely N-dealkylation sites (tertiary alicyclic amines) is 1. The number of piperidine rings is 1. The van der Waals surface area contributed by atoms with Crippen LogP contribution in [0.25, 0.3) is 0 Å². The summed E-state index contributed by atoms with van der Waals surface area (Å²) in [5.74, 6) is 2.15. The van der Waals surface area contributed by atoms with Gasteiger partial charge in [0.2, 0.25) is 5.89 Å². The Morgan fingerprint density at radius 3 is 2.59 bits per heavy atom. The van der Waals surface area contributed by atoms with Crippen molar-refractivity contribution in [2.45, 2.75) is 33.2 Å². The maximum atomic E-state index is 12.2. The average molecular weight is 415 g/mol. The molecule has 0 unspecified atom stereocenters. The first kappa shape index (κ1) is 23.3. The summed E-state index contributed by atoms with van der Waals surface area (Å²) in [5.41, 5.74) is 7.92. The Kier molecular flexibility index (Phi) is 9.09. The van der Waals surface area contributed by atoms with Gasteiger partial charge in [-0.25, -0.2) is 4.98 Å². The summed E-state index contributed by atoms with van der Waals surface area (Å²) in [6.07, 6.45) is 2.13. The zero-order valence-corrected chi connectivity index (χ0v) is 17.4. The molecule has 2 aromatic rings. The number of aromatic nitrogens is 1. The van der Waals surface area contributed by atoms with Gasteiger partial charge in [0, 0.05) is 17.8 Å². The number of amides is 1. The van der Waals surface area contributed by atoms with E-state index in [1.807, 2.05) is 13.8 Å². The van der Waals surface area contributed by atoms with Crippen molar-refractivity contribution < 1.29 is 9.21 Å². The topological polar surface area (TPSA) is 84.4 Å². The zero-order valence-electron chi connectivity index (χ0n) is 15.7. The van der Waals surface area contributed by atoms with Crippen LogP contribution in [0.5, 0.6) is 0 Å². The number of carbonyl (C=O) groups excluding carboxylic acids is 1. The normalized spacial score (nSPS) is 14.9. The number of rotatable bonds is 5. The van der Waals surface area contributed by atoms with Gasteiger partial charge in [-0.05, 0) is 63.9 Å². The maximum Gasteiger partial charge on any atom is 0.251 e. The first-order valence-corrected chi connectivity index (χ1v) is 8.80. The number of anilines is 1. The van der Waals surface area contributed by atoms with Gasteiger partial charge in [-0.2, -0.15) is 0 Å². The Bertz CT molecular complexity index is 724. The van der Waals surface area contributed by atoms with E-state index in [1.165, 1.54) is 0 Å². The predicted molar refractivity (Wildman–Crippen MR) is 112 cm³/mol. The van der Waals surface area contributed by atoms with Crippen LogP contribution in [0, 0.1) is 19.8 Å². The van der Waals surface area contributed by atoms with Crippen molar-refractivity contribution in [3.05, 3.63) is 47.2 Å². The van der Waals surface area contributed by atoms with E-state index in [-0.39, 0.29) is 30.7 Å². The second-order valence-corrected chi connectivity index (χ2v) is 6.80. The third kappa shape index (κ3) is 6.41.